The van der Waals surface area contributed by atoms with Crippen molar-refractivity contribution in [2.75, 3.05) is 46.3 Å². The monoisotopic (exact) mass is 267 g/mol. The van der Waals surface area contributed by atoms with Gasteiger partial charge in [0.1, 0.15) is 0 Å². The van der Waals surface area contributed by atoms with E-state index in [1.54, 1.807) is 0 Å². The summed E-state index contributed by atoms with van der Waals surface area (Å²) in [5.74, 6) is 0.774. The van der Waals surface area contributed by atoms with Crippen molar-refractivity contribution in [3.63, 3.8) is 0 Å². The van der Waals surface area contributed by atoms with Crippen LogP contribution in [0.1, 0.15) is 40.0 Å². The summed E-state index contributed by atoms with van der Waals surface area (Å²) in [5.41, 5.74) is 0.504. The molecule has 0 aromatic heterocycles. The molecule has 2 aliphatic rings. The summed E-state index contributed by atoms with van der Waals surface area (Å²) < 4.78 is 0. The fraction of sp³-hybridized carbons (Fsp3) is 1.00. The van der Waals surface area contributed by atoms with Crippen LogP contribution in [0.15, 0.2) is 0 Å². The molecule has 19 heavy (non-hydrogen) atoms. The molecule has 3 heteroatoms. The van der Waals surface area contributed by atoms with E-state index < -0.39 is 0 Å². The molecule has 2 heterocycles. The molecule has 2 aliphatic heterocycles. The van der Waals surface area contributed by atoms with Gasteiger partial charge in [0.05, 0.1) is 0 Å². The highest BCUT2D eigenvalue weighted by Gasteiger charge is 2.38. The Balaban J connectivity index is 1.87. The lowest BCUT2D eigenvalue weighted by molar-refractivity contribution is 0.112. The van der Waals surface area contributed by atoms with E-state index in [0.29, 0.717) is 5.41 Å². The van der Waals surface area contributed by atoms with Crippen molar-refractivity contribution in [2.24, 2.45) is 11.3 Å². The van der Waals surface area contributed by atoms with Crippen molar-refractivity contribution >= 4 is 0 Å². The molecule has 2 atom stereocenters. The lowest BCUT2D eigenvalue weighted by Crippen LogP contribution is -2.45. The number of rotatable bonds is 6. The molecule has 112 valence electrons. The first-order valence-electron chi connectivity index (χ1n) is 8.21. The standard InChI is InChI=1S/C16H33N3/c1-5-19-10-6-7-15(19)11-18(4)13-16(14(2)3)8-9-17-12-16/h14-15,17H,5-13H2,1-4H3. The Labute approximate surface area is 119 Å². The quantitative estimate of drug-likeness (QED) is 0.794. The molecular formula is C16H33N3. The fourth-order valence-corrected chi connectivity index (χ4v) is 4.05. The van der Waals surface area contributed by atoms with Gasteiger partial charge in [-0.2, -0.15) is 0 Å². The highest BCUT2D eigenvalue weighted by molar-refractivity contribution is 4.93. The average Bonchev–Trinajstić information content (AvgIpc) is 2.98. The maximum atomic E-state index is 3.58. The largest absolute Gasteiger partial charge is 0.316 e. The van der Waals surface area contributed by atoms with E-state index in [1.807, 2.05) is 0 Å². The van der Waals surface area contributed by atoms with Crippen molar-refractivity contribution in [3.05, 3.63) is 0 Å². The average molecular weight is 267 g/mol. The molecule has 1 N–H and O–H groups in total. The van der Waals surface area contributed by atoms with Crippen molar-refractivity contribution in [1.29, 1.82) is 0 Å². The molecule has 0 aromatic carbocycles. The van der Waals surface area contributed by atoms with Crippen LogP contribution in [0.25, 0.3) is 0 Å². The van der Waals surface area contributed by atoms with Crippen LogP contribution in [0, 0.1) is 11.3 Å². The molecule has 2 fully saturated rings. The van der Waals surface area contributed by atoms with Crippen LogP contribution in [-0.4, -0.2) is 62.2 Å². The number of hydrogen-bond acceptors (Lipinski definition) is 3. The molecule has 0 bridgehead atoms. The van der Waals surface area contributed by atoms with E-state index in [-0.39, 0.29) is 0 Å². The van der Waals surface area contributed by atoms with Crippen molar-refractivity contribution in [2.45, 2.75) is 46.1 Å². The molecule has 0 saturated carbocycles. The van der Waals surface area contributed by atoms with E-state index in [1.165, 1.54) is 58.5 Å². The number of likely N-dealkylation sites (N-methyl/N-ethyl adjacent to an activating group) is 2. The minimum Gasteiger partial charge on any atom is -0.316 e. The zero-order valence-electron chi connectivity index (χ0n) is 13.4. The second-order valence-electron chi connectivity index (χ2n) is 7.07. The zero-order valence-corrected chi connectivity index (χ0v) is 13.4. The van der Waals surface area contributed by atoms with Gasteiger partial charge >= 0.3 is 0 Å². The van der Waals surface area contributed by atoms with Gasteiger partial charge in [0.25, 0.3) is 0 Å². The highest BCUT2D eigenvalue weighted by atomic mass is 15.2. The third kappa shape index (κ3) is 3.50. The Hall–Kier alpha value is -0.120. The van der Waals surface area contributed by atoms with Crippen molar-refractivity contribution in [3.8, 4) is 0 Å². The van der Waals surface area contributed by atoms with Crippen LogP contribution in [0.5, 0.6) is 0 Å². The van der Waals surface area contributed by atoms with Gasteiger partial charge in [0.15, 0.2) is 0 Å². The summed E-state index contributed by atoms with van der Waals surface area (Å²) >= 11 is 0. The molecule has 3 nitrogen and oxygen atoms in total. The van der Waals surface area contributed by atoms with E-state index in [9.17, 15) is 0 Å². The van der Waals surface area contributed by atoms with Crippen LogP contribution in [0.3, 0.4) is 0 Å². The summed E-state index contributed by atoms with van der Waals surface area (Å²) in [6.45, 7) is 14.5. The van der Waals surface area contributed by atoms with Gasteiger partial charge < -0.3 is 10.2 Å². The van der Waals surface area contributed by atoms with Gasteiger partial charge in [-0.3, -0.25) is 4.90 Å². The van der Waals surface area contributed by atoms with E-state index >= 15 is 0 Å². The Morgan fingerprint density at radius 3 is 2.79 bits per heavy atom. The Kier molecular flexibility index (Phi) is 5.27. The molecule has 0 amide bonds. The molecule has 0 radical (unpaired) electrons. The predicted octanol–water partition coefficient (Wildman–Crippen LogP) is 2.04. The summed E-state index contributed by atoms with van der Waals surface area (Å²) in [6.07, 6.45) is 4.13. The van der Waals surface area contributed by atoms with Crippen LogP contribution >= 0.6 is 0 Å². The molecule has 0 aromatic rings. The summed E-state index contributed by atoms with van der Waals surface area (Å²) in [6, 6.07) is 0.800. The second-order valence-corrected chi connectivity index (χ2v) is 7.07. The third-order valence-electron chi connectivity index (χ3n) is 5.51. The molecular weight excluding hydrogens is 234 g/mol. The zero-order chi connectivity index (χ0) is 13.9. The van der Waals surface area contributed by atoms with Crippen LogP contribution in [0.4, 0.5) is 0 Å². The maximum Gasteiger partial charge on any atom is 0.0223 e. The smallest absolute Gasteiger partial charge is 0.0223 e. The highest BCUT2D eigenvalue weighted by Crippen LogP contribution is 2.35. The first-order valence-corrected chi connectivity index (χ1v) is 8.21. The number of hydrogen-bond donors (Lipinski definition) is 1. The number of nitrogens with zero attached hydrogens (tertiary/aromatic N) is 2. The lowest BCUT2D eigenvalue weighted by atomic mass is 9.76. The van der Waals surface area contributed by atoms with Crippen molar-refractivity contribution in [1.82, 2.24) is 15.1 Å². The second kappa shape index (κ2) is 6.55. The Morgan fingerprint density at radius 1 is 1.42 bits per heavy atom. The molecule has 0 spiro atoms. The molecule has 0 aliphatic carbocycles. The predicted molar refractivity (Wildman–Crippen MR) is 82.5 cm³/mol. The van der Waals surface area contributed by atoms with Gasteiger partial charge in [-0.25, -0.2) is 0 Å². The van der Waals surface area contributed by atoms with Gasteiger partial charge in [0.2, 0.25) is 0 Å². The van der Waals surface area contributed by atoms with Crippen LogP contribution < -0.4 is 5.32 Å². The number of nitrogens with one attached hydrogen (secondary N) is 1. The summed E-state index contributed by atoms with van der Waals surface area (Å²) in [5, 5.41) is 3.58. The number of likely N-dealkylation sites (tertiary alicyclic amines) is 1. The molecule has 2 saturated heterocycles. The van der Waals surface area contributed by atoms with Crippen LogP contribution in [0.2, 0.25) is 0 Å². The van der Waals surface area contributed by atoms with Gasteiger partial charge in [-0.1, -0.05) is 20.8 Å². The minimum atomic E-state index is 0.504. The van der Waals surface area contributed by atoms with Crippen molar-refractivity contribution < 1.29 is 0 Å². The SMILES string of the molecule is CCN1CCCC1CN(C)CC1(C(C)C)CCNC1. The molecule has 2 rings (SSSR count). The van der Waals surface area contributed by atoms with E-state index in [4.69, 9.17) is 0 Å². The summed E-state index contributed by atoms with van der Waals surface area (Å²) in [7, 11) is 2.33. The van der Waals surface area contributed by atoms with Gasteiger partial charge in [-0.05, 0) is 57.3 Å². The van der Waals surface area contributed by atoms with Crippen LogP contribution in [-0.2, 0) is 0 Å². The summed E-state index contributed by atoms with van der Waals surface area (Å²) in [4.78, 5) is 5.26. The fourth-order valence-electron chi connectivity index (χ4n) is 4.05. The topological polar surface area (TPSA) is 18.5 Å². The van der Waals surface area contributed by atoms with Gasteiger partial charge in [-0.15, -0.1) is 0 Å². The molecule has 2 unspecified atom stereocenters. The minimum absolute atomic E-state index is 0.504. The normalized spacial score (nSPS) is 32.8. The lowest BCUT2D eigenvalue weighted by Gasteiger charge is -2.38. The van der Waals surface area contributed by atoms with E-state index in [2.05, 4.69) is 42.9 Å². The maximum absolute atomic E-state index is 3.58. The third-order valence-corrected chi connectivity index (χ3v) is 5.51. The van der Waals surface area contributed by atoms with Gasteiger partial charge in [0, 0.05) is 25.7 Å². The Morgan fingerprint density at radius 2 is 2.21 bits per heavy atom. The Bertz CT molecular complexity index is 271. The van der Waals surface area contributed by atoms with E-state index in [0.717, 1.165) is 12.0 Å². The first kappa shape index (κ1) is 15.3. The first-order chi connectivity index (χ1) is 9.07.